The van der Waals surface area contributed by atoms with Crippen molar-refractivity contribution in [3.63, 3.8) is 0 Å². The Hall–Kier alpha value is -0.260. The summed E-state index contributed by atoms with van der Waals surface area (Å²) in [6.07, 6.45) is 0. The molecule has 0 heterocycles. The summed E-state index contributed by atoms with van der Waals surface area (Å²) < 4.78 is 24.0. The van der Waals surface area contributed by atoms with Gasteiger partial charge in [0.1, 0.15) is 0 Å². The highest BCUT2D eigenvalue weighted by Gasteiger charge is 2.28. The van der Waals surface area contributed by atoms with E-state index in [0.717, 1.165) is 10.2 Å². The maximum atomic E-state index is 11.9. The summed E-state index contributed by atoms with van der Waals surface area (Å²) in [6, 6.07) is 5.35. The molecular formula is C12H17BrClNO2S. The van der Waals surface area contributed by atoms with Crippen molar-refractivity contribution in [2.75, 3.05) is 17.6 Å². The van der Waals surface area contributed by atoms with Gasteiger partial charge in [0.25, 0.3) is 0 Å². The molecule has 0 saturated carbocycles. The van der Waals surface area contributed by atoms with Crippen molar-refractivity contribution in [3.8, 4) is 0 Å². The van der Waals surface area contributed by atoms with Crippen molar-refractivity contribution in [1.82, 2.24) is 0 Å². The molecule has 1 rings (SSSR count). The summed E-state index contributed by atoms with van der Waals surface area (Å²) >= 11 is 9.26. The Bertz CT molecular complexity index is 523. The topological polar surface area (TPSA) is 46.2 Å². The molecule has 18 heavy (non-hydrogen) atoms. The molecule has 0 aliphatic carbocycles. The van der Waals surface area contributed by atoms with E-state index in [9.17, 15) is 8.42 Å². The molecule has 3 nitrogen and oxygen atoms in total. The molecule has 0 bridgehead atoms. The summed E-state index contributed by atoms with van der Waals surface area (Å²) in [5, 5.41) is 3.68. The molecule has 0 aliphatic rings. The van der Waals surface area contributed by atoms with Crippen molar-refractivity contribution < 1.29 is 8.42 Å². The van der Waals surface area contributed by atoms with E-state index >= 15 is 0 Å². The molecule has 0 radical (unpaired) electrons. The average Bonchev–Trinajstić information content (AvgIpc) is 2.21. The second-order valence-corrected chi connectivity index (χ2v) is 9.14. The van der Waals surface area contributed by atoms with Crippen molar-refractivity contribution in [2.45, 2.75) is 25.5 Å². The zero-order chi connectivity index (χ0) is 14.0. The maximum absolute atomic E-state index is 11.9. The van der Waals surface area contributed by atoms with Crippen LogP contribution in [0.25, 0.3) is 0 Å². The highest BCUT2D eigenvalue weighted by Crippen LogP contribution is 2.26. The summed E-state index contributed by atoms with van der Waals surface area (Å²) in [7, 11) is -3.10. The van der Waals surface area contributed by atoms with Gasteiger partial charge in [0.15, 0.2) is 9.84 Å². The van der Waals surface area contributed by atoms with Crippen molar-refractivity contribution >= 4 is 43.1 Å². The Labute approximate surface area is 122 Å². The van der Waals surface area contributed by atoms with Crippen molar-refractivity contribution in [2.24, 2.45) is 0 Å². The monoisotopic (exact) mass is 353 g/mol. The van der Waals surface area contributed by atoms with Gasteiger partial charge in [-0.3, -0.25) is 0 Å². The zero-order valence-corrected chi connectivity index (χ0v) is 13.8. The fraction of sp³-hybridized carbons (Fsp3) is 0.500. The lowest BCUT2D eigenvalue weighted by molar-refractivity contribution is 0.560. The lowest BCUT2D eigenvalue weighted by atomic mass is 10.3. The van der Waals surface area contributed by atoms with E-state index in [1.54, 1.807) is 32.9 Å². The van der Waals surface area contributed by atoms with E-state index in [2.05, 4.69) is 21.2 Å². The van der Waals surface area contributed by atoms with Crippen LogP contribution in [0.3, 0.4) is 0 Å². The summed E-state index contributed by atoms with van der Waals surface area (Å²) in [6.45, 7) is 5.48. The molecule has 0 aromatic heterocycles. The summed E-state index contributed by atoms with van der Waals surface area (Å²) in [5.74, 6) is 0.0927. The van der Waals surface area contributed by atoms with E-state index in [1.807, 2.05) is 6.07 Å². The summed E-state index contributed by atoms with van der Waals surface area (Å²) in [5.41, 5.74) is 0.798. The van der Waals surface area contributed by atoms with Gasteiger partial charge in [-0.05, 0) is 54.9 Å². The maximum Gasteiger partial charge on any atom is 0.156 e. The fourth-order valence-corrected chi connectivity index (χ4v) is 2.80. The molecule has 0 aliphatic heterocycles. The van der Waals surface area contributed by atoms with E-state index in [-0.39, 0.29) is 5.75 Å². The average molecular weight is 355 g/mol. The van der Waals surface area contributed by atoms with E-state index < -0.39 is 14.6 Å². The molecule has 0 fully saturated rings. The number of anilines is 1. The van der Waals surface area contributed by atoms with Gasteiger partial charge < -0.3 is 5.32 Å². The molecule has 1 aromatic carbocycles. The smallest absolute Gasteiger partial charge is 0.156 e. The van der Waals surface area contributed by atoms with Crippen LogP contribution < -0.4 is 5.32 Å². The second kappa shape index (κ2) is 5.80. The predicted octanol–water partition coefficient (Wildman–Crippen LogP) is 3.73. The van der Waals surface area contributed by atoms with Gasteiger partial charge in [0.05, 0.1) is 10.5 Å². The minimum absolute atomic E-state index is 0.0927. The molecule has 1 aromatic rings. The number of benzene rings is 1. The molecule has 0 atom stereocenters. The van der Waals surface area contributed by atoms with Crippen LogP contribution in [0.5, 0.6) is 0 Å². The molecule has 0 spiro atoms. The normalized spacial score (nSPS) is 12.5. The number of sulfone groups is 1. The highest BCUT2D eigenvalue weighted by molar-refractivity contribution is 9.10. The Kier molecular flexibility index (Phi) is 5.09. The van der Waals surface area contributed by atoms with Crippen LogP contribution in [0.1, 0.15) is 20.8 Å². The SMILES string of the molecule is CC(C)(C)S(=O)(=O)CCNc1cc(Cl)ccc1Br. The molecule has 102 valence electrons. The van der Waals surface area contributed by atoms with Crippen molar-refractivity contribution in [1.29, 1.82) is 0 Å². The van der Waals surface area contributed by atoms with Crippen LogP contribution in [-0.2, 0) is 9.84 Å². The summed E-state index contributed by atoms with van der Waals surface area (Å²) in [4.78, 5) is 0. The molecule has 1 N–H and O–H groups in total. The third-order valence-corrected chi connectivity index (χ3v) is 6.08. The van der Waals surface area contributed by atoms with Gasteiger partial charge >= 0.3 is 0 Å². The quantitative estimate of drug-likeness (QED) is 0.896. The van der Waals surface area contributed by atoms with Crippen LogP contribution in [0.2, 0.25) is 5.02 Å². The van der Waals surface area contributed by atoms with E-state index in [1.165, 1.54) is 0 Å². The number of hydrogen-bond acceptors (Lipinski definition) is 3. The zero-order valence-electron chi connectivity index (χ0n) is 10.6. The number of nitrogens with one attached hydrogen (secondary N) is 1. The van der Waals surface area contributed by atoms with Gasteiger partial charge in [-0.2, -0.15) is 0 Å². The largest absolute Gasteiger partial charge is 0.383 e. The van der Waals surface area contributed by atoms with Crippen molar-refractivity contribution in [3.05, 3.63) is 27.7 Å². The third kappa shape index (κ3) is 4.14. The Balaban J connectivity index is 2.65. The minimum Gasteiger partial charge on any atom is -0.383 e. The first-order valence-corrected chi connectivity index (χ1v) is 8.37. The Morgan fingerprint density at radius 2 is 1.94 bits per heavy atom. The molecule has 0 unspecified atom stereocenters. The van der Waals surface area contributed by atoms with Crippen LogP contribution in [-0.4, -0.2) is 25.5 Å². The Morgan fingerprint density at radius 3 is 2.50 bits per heavy atom. The van der Waals surface area contributed by atoms with E-state index in [0.29, 0.717) is 11.6 Å². The molecular weight excluding hydrogens is 338 g/mol. The number of hydrogen-bond donors (Lipinski definition) is 1. The van der Waals surface area contributed by atoms with Crippen LogP contribution in [0, 0.1) is 0 Å². The highest BCUT2D eigenvalue weighted by atomic mass is 79.9. The lowest BCUT2D eigenvalue weighted by Gasteiger charge is -2.19. The fourth-order valence-electron chi connectivity index (χ4n) is 1.26. The van der Waals surface area contributed by atoms with Crippen LogP contribution in [0.15, 0.2) is 22.7 Å². The van der Waals surface area contributed by atoms with Gasteiger partial charge in [0.2, 0.25) is 0 Å². The first-order valence-electron chi connectivity index (χ1n) is 5.55. The number of halogens is 2. The number of rotatable bonds is 4. The van der Waals surface area contributed by atoms with Crippen LogP contribution >= 0.6 is 27.5 Å². The first kappa shape index (κ1) is 15.8. The lowest BCUT2D eigenvalue weighted by Crippen LogP contribution is -2.32. The van der Waals surface area contributed by atoms with Crippen LogP contribution in [0.4, 0.5) is 5.69 Å². The van der Waals surface area contributed by atoms with Gasteiger partial charge in [0, 0.05) is 21.7 Å². The van der Waals surface area contributed by atoms with Gasteiger partial charge in [-0.1, -0.05) is 11.6 Å². The molecule has 0 amide bonds. The second-order valence-electron chi connectivity index (χ2n) is 4.98. The Morgan fingerprint density at radius 1 is 1.33 bits per heavy atom. The molecule has 6 heteroatoms. The standard InChI is InChI=1S/C12H17BrClNO2S/c1-12(2,3)18(16,17)7-6-15-11-8-9(14)4-5-10(11)13/h4-5,8,15H,6-7H2,1-3H3. The minimum atomic E-state index is -3.10. The predicted molar refractivity (Wildman–Crippen MR) is 81.2 cm³/mol. The third-order valence-electron chi connectivity index (χ3n) is 2.55. The first-order chi connectivity index (χ1) is 8.13. The van der Waals surface area contributed by atoms with Gasteiger partial charge in [-0.25, -0.2) is 8.42 Å². The van der Waals surface area contributed by atoms with E-state index in [4.69, 9.17) is 11.6 Å². The van der Waals surface area contributed by atoms with Gasteiger partial charge in [-0.15, -0.1) is 0 Å². The molecule has 0 saturated heterocycles.